The van der Waals surface area contributed by atoms with Crippen LogP contribution >= 0.6 is 0 Å². The van der Waals surface area contributed by atoms with E-state index in [0.717, 1.165) is 5.56 Å². The molecule has 0 spiro atoms. The van der Waals surface area contributed by atoms with Crippen molar-refractivity contribution in [3.05, 3.63) is 47.6 Å². The zero-order valence-corrected chi connectivity index (χ0v) is 12.7. The first kappa shape index (κ1) is 14.2. The standard InChI is InChI=1S/C16H21N3O2/c1-15(2,11-7-5-4-6-8-11)13-18-14(21-19-13)16(3)10-20-9-12(16)17/h4-8,12H,9-10,17H2,1-3H3. The fourth-order valence-corrected chi connectivity index (χ4v) is 2.60. The van der Waals surface area contributed by atoms with E-state index in [2.05, 4.69) is 36.1 Å². The van der Waals surface area contributed by atoms with Crippen LogP contribution in [0.4, 0.5) is 0 Å². The van der Waals surface area contributed by atoms with Crippen LogP contribution in [0.15, 0.2) is 34.9 Å². The summed E-state index contributed by atoms with van der Waals surface area (Å²) in [7, 11) is 0. The van der Waals surface area contributed by atoms with Crippen LogP contribution in [-0.4, -0.2) is 29.4 Å². The Morgan fingerprint density at radius 1 is 1.29 bits per heavy atom. The lowest BCUT2D eigenvalue weighted by Crippen LogP contribution is -2.42. The van der Waals surface area contributed by atoms with Crippen LogP contribution in [0.2, 0.25) is 0 Å². The van der Waals surface area contributed by atoms with Crippen molar-refractivity contribution < 1.29 is 9.26 Å². The second-order valence-corrected chi connectivity index (χ2v) is 6.45. The topological polar surface area (TPSA) is 74.2 Å². The number of rotatable bonds is 3. The molecule has 5 heteroatoms. The molecule has 1 fully saturated rings. The van der Waals surface area contributed by atoms with E-state index in [1.807, 2.05) is 25.1 Å². The molecule has 1 saturated heterocycles. The van der Waals surface area contributed by atoms with Gasteiger partial charge in [0.2, 0.25) is 5.89 Å². The summed E-state index contributed by atoms with van der Waals surface area (Å²) in [6.07, 6.45) is 0. The molecule has 0 saturated carbocycles. The van der Waals surface area contributed by atoms with Crippen LogP contribution in [0.5, 0.6) is 0 Å². The highest BCUT2D eigenvalue weighted by Gasteiger charge is 2.45. The summed E-state index contributed by atoms with van der Waals surface area (Å²) in [5, 5.41) is 4.19. The third kappa shape index (κ3) is 2.26. The van der Waals surface area contributed by atoms with E-state index < -0.39 is 5.41 Å². The van der Waals surface area contributed by atoms with Crippen molar-refractivity contribution in [1.82, 2.24) is 10.1 Å². The lowest BCUT2D eigenvalue weighted by molar-refractivity contribution is 0.169. The molecule has 1 aromatic heterocycles. The van der Waals surface area contributed by atoms with E-state index in [0.29, 0.717) is 24.9 Å². The van der Waals surface area contributed by atoms with Gasteiger partial charge in [0.15, 0.2) is 5.82 Å². The van der Waals surface area contributed by atoms with E-state index in [1.165, 1.54) is 0 Å². The monoisotopic (exact) mass is 287 g/mol. The minimum absolute atomic E-state index is 0.120. The number of hydrogen-bond acceptors (Lipinski definition) is 5. The molecule has 0 aliphatic carbocycles. The largest absolute Gasteiger partial charge is 0.379 e. The molecule has 2 N–H and O–H groups in total. The van der Waals surface area contributed by atoms with Crippen molar-refractivity contribution in [2.75, 3.05) is 13.2 Å². The number of benzene rings is 1. The summed E-state index contributed by atoms with van der Waals surface area (Å²) in [6, 6.07) is 10.0. The van der Waals surface area contributed by atoms with Gasteiger partial charge in [0.05, 0.1) is 24.0 Å². The van der Waals surface area contributed by atoms with E-state index in [4.69, 9.17) is 15.0 Å². The Labute approximate surface area is 124 Å². The molecule has 1 aliphatic rings. The third-order valence-electron chi connectivity index (χ3n) is 4.49. The average Bonchev–Trinajstić information content (AvgIpc) is 3.09. The van der Waals surface area contributed by atoms with Crippen molar-refractivity contribution in [3.63, 3.8) is 0 Å². The Hall–Kier alpha value is -1.72. The molecule has 3 rings (SSSR count). The number of nitrogens with two attached hydrogens (primary N) is 1. The highest BCUT2D eigenvalue weighted by atomic mass is 16.5. The zero-order chi connectivity index (χ0) is 15.1. The van der Waals surface area contributed by atoms with Crippen LogP contribution in [0.3, 0.4) is 0 Å². The molecule has 112 valence electrons. The van der Waals surface area contributed by atoms with Gasteiger partial charge in [-0.3, -0.25) is 0 Å². The maximum atomic E-state index is 6.12. The first-order valence-corrected chi connectivity index (χ1v) is 7.18. The summed E-state index contributed by atoms with van der Waals surface area (Å²) in [4.78, 5) is 4.62. The van der Waals surface area contributed by atoms with Crippen molar-refractivity contribution >= 4 is 0 Å². The minimum atomic E-state index is -0.405. The summed E-state index contributed by atoms with van der Waals surface area (Å²) < 4.78 is 11.0. The SMILES string of the molecule is CC(C)(c1ccccc1)c1noc(C2(C)COCC2N)n1. The van der Waals surface area contributed by atoms with Crippen LogP contribution in [-0.2, 0) is 15.6 Å². The van der Waals surface area contributed by atoms with Crippen molar-refractivity contribution in [3.8, 4) is 0 Å². The van der Waals surface area contributed by atoms with Crippen LogP contribution in [0, 0.1) is 0 Å². The van der Waals surface area contributed by atoms with Gasteiger partial charge in [-0.2, -0.15) is 4.98 Å². The fourth-order valence-electron chi connectivity index (χ4n) is 2.60. The Kier molecular flexibility index (Phi) is 3.34. The summed E-state index contributed by atoms with van der Waals surface area (Å²) >= 11 is 0. The predicted octanol–water partition coefficient (Wildman–Crippen LogP) is 2.01. The van der Waals surface area contributed by atoms with Gasteiger partial charge in [-0.05, 0) is 26.3 Å². The second-order valence-electron chi connectivity index (χ2n) is 6.45. The van der Waals surface area contributed by atoms with E-state index in [-0.39, 0.29) is 11.5 Å². The molecule has 0 bridgehead atoms. The minimum Gasteiger partial charge on any atom is -0.379 e. The first-order chi connectivity index (χ1) is 9.94. The van der Waals surface area contributed by atoms with Crippen molar-refractivity contribution in [2.45, 2.75) is 37.6 Å². The van der Waals surface area contributed by atoms with Crippen LogP contribution < -0.4 is 5.73 Å². The maximum Gasteiger partial charge on any atom is 0.236 e. The number of hydrogen-bond donors (Lipinski definition) is 1. The Balaban J connectivity index is 1.95. The molecule has 2 unspecified atom stereocenters. The molecule has 2 atom stereocenters. The van der Waals surface area contributed by atoms with Crippen molar-refractivity contribution in [1.29, 1.82) is 0 Å². The molecular formula is C16H21N3O2. The van der Waals surface area contributed by atoms with E-state index in [9.17, 15) is 0 Å². The number of aromatic nitrogens is 2. The molecule has 2 heterocycles. The molecule has 0 amide bonds. The smallest absolute Gasteiger partial charge is 0.236 e. The predicted molar refractivity (Wildman–Crippen MR) is 79.0 cm³/mol. The summed E-state index contributed by atoms with van der Waals surface area (Å²) in [5.41, 5.74) is 6.55. The highest BCUT2D eigenvalue weighted by Crippen LogP contribution is 2.34. The molecular weight excluding hydrogens is 266 g/mol. The lowest BCUT2D eigenvalue weighted by Gasteiger charge is -2.22. The molecule has 1 aliphatic heterocycles. The second kappa shape index (κ2) is 4.93. The third-order valence-corrected chi connectivity index (χ3v) is 4.49. The first-order valence-electron chi connectivity index (χ1n) is 7.18. The quantitative estimate of drug-likeness (QED) is 0.934. The Bertz CT molecular complexity index is 623. The fraction of sp³-hybridized carbons (Fsp3) is 0.500. The van der Waals surface area contributed by atoms with Gasteiger partial charge < -0.3 is 15.0 Å². The number of nitrogens with zero attached hydrogens (tertiary/aromatic N) is 2. The molecule has 0 radical (unpaired) electrons. The normalized spacial score (nSPS) is 26.2. The van der Waals surface area contributed by atoms with Gasteiger partial charge in [0.25, 0.3) is 0 Å². The lowest BCUT2D eigenvalue weighted by atomic mass is 9.83. The number of ether oxygens (including phenoxy) is 1. The van der Waals surface area contributed by atoms with Gasteiger partial charge in [0, 0.05) is 6.04 Å². The van der Waals surface area contributed by atoms with Crippen LogP contribution in [0.25, 0.3) is 0 Å². The van der Waals surface area contributed by atoms with E-state index >= 15 is 0 Å². The zero-order valence-electron chi connectivity index (χ0n) is 12.7. The average molecular weight is 287 g/mol. The van der Waals surface area contributed by atoms with Gasteiger partial charge in [-0.25, -0.2) is 0 Å². The molecule has 1 aromatic carbocycles. The molecule has 21 heavy (non-hydrogen) atoms. The van der Waals surface area contributed by atoms with Gasteiger partial charge >= 0.3 is 0 Å². The maximum absolute atomic E-state index is 6.12. The van der Waals surface area contributed by atoms with Crippen molar-refractivity contribution in [2.24, 2.45) is 5.73 Å². The summed E-state index contributed by atoms with van der Waals surface area (Å²) in [6.45, 7) is 7.23. The van der Waals surface area contributed by atoms with Crippen LogP contribution in [0.1, 0.15) is 38.0 Å². The van der Waals surface area contributed by atoms with Gasteiger partial charge in [-0.15, -0.1) is 0 Å². The van der Waals surface area contributed by atoms with Gasteiger partial charge in [-0.1, -0.05) is 35.5 Å². The van der Waals surface area contributed by atoms with E-state index in [1.54, 1.807) is 0 Å². The summed E-state index contributed by atoms with van der Waals surface area (Å²) in [5.74, 6) is 1.23. The Morgan fingerprint density at radius 2 is 2.00 bits per heavy atom. The Morgan fingerprint density at radius 3 is 2.62 bits per heavy atom. The highest BCUT2D eigenvalue weighted by molar-refractivity contribution is 5.30. The molecule has 2 aromatic rings. The molecule has 5 nitrogen and oxygen atoms in total. The van der Waals surface area contributed by atoms with Gasteiger partial charge in [0.1, 0.15) is 0 Å².